The summed E-state index contributed by atoms with van der Waals surface area (Å²) in [6, 6.07) is 6.35. The second kappa shape index (κ2) is 8.56. The van der Waals surface area contributed by atoms with Gasteiger partial charge in [0.1, 0.15) is 12.4 Å². The molecule has 0 spiro atoms. The lowest BCUT2D eigenvalue weighted by atomic mass is 10.1. The van der Waals surface area contributed by atoms with Crippen molar-refractivity contribution in [3.63, 3.8) is 0 Å². The Balaban J connectivity index is 1.60. The molecule has 6 nitrogen and oxygen atoms in total. The van der Waals surface area contributed by atoms with E-state index in [4.69, 9.17) is 18.7 Å². The van der Waals surface area contributed by atoms with E-state index in [1.54, 1.807) is 7.11 Å². The predicted molar refractivity (Wildman–Crippen MR) is 98.6 cm³/mol. The first-order chi connectivity index (χ1) is 12.6. The molecule has 2 aromatic rings. The van der Waals surface area contributed by atoms with Gasteiger partial charge in [0.25, 0.3) is 0 Å². The molecule has 1 aliphatic heterocycles. The van der Waals surface area contributed by atoms with E-state index in [1.165, 1.54) is 0 Å². The zero-order valence-electron chi connectivity index (χ0n) is 16.0. The lowest BCUT2D eigenvalue weighted by Gasteiger charge is -2.20. The van der Waals surface area contributed by atoms with Crippen molar-refractivity contribution in [2.45, 2.75) is 58.9 Å². The summed E-state index contributed by atoms with van der Waals surface area (Å²) in [7, 11) is 1.66. The molecule has 1 aromatic heterocycles. The Morgan fingerprint density at radius 3 is 2.81 bits per heavy atom. The van der Waals surface area contributed by atoms with E-state index in [-0.39, 0.29) is 0 Å². The van der Waals surface area contributed by atoms with Gasteiger partial charge in [-0.25, -0.2) is 0 Å². The number of hydrogen-bond donors (Lipinski definition) is 1. The lowest BCUT2D eigenvalue weighted by Crippen LogP contribution is -2.36. The molecular formula is C20H28N2O4. The van der Waals surface area contributed by atoms with Crippen molar-refractivity contribution >= 4 is 0 Å². The number of aromatic nitrogens is 1. The van der Waals surface area contributed by atoms with Crippen LogP contribution in [0.15, 0.2) is 22.7 Å². The molecule has 0 amide bonds. The lowest BCUT2D eigenvalue weighted by molar-refractivity contribution is 0.0832. The number of benzene rings is 1. The number of ether oxygens (including phenoxy) is 3. The third kappa shape index (κ3) is 4.37. The van der Waals surface area contributed by atoms with Gasteiger partial charge in [0.15, 0.2) is 11.5 Å². The van der Waals surface area contributed by atoms with Crippen LogP contribution in [0.1, 0.15) is 42.3 Å². The molecule has 3 rings (SSSR count). The van der Waals surface area contributed by atoms with Gasteiger partial charge in [-0.3, -0.25) is 0 Å². The number of hydrogen-bond acceptors (Lipinski definition) is 6. The molecule has 1 aromatic carbocycles. The highest BCUT2D eigenvalue weighted by molar-refractivity contribution is 5.43. The summed E-state index contributed by atoms with van der Waals surface area (Å²) in [5.41, 5.74) is 2.98. The summed E-state index contributed by atoms with van der Waals surface area (Å²) in [6.45, 7) is 8.03. The minimum atomic E-state index is 0.314. The minimum absolute atomic E-state index is 0.314. The first-order valence-electron chi connectivity index (χ1n) is 9.15. The Morgan fingerprint density at radius 1 is 1.31 bits per heavy atom. The molecule has 0 unspecified atom stereocenters. The van der Waals surface area contributed by atoms with Crippen molar-refractivity contribution < 1.29 is 18.7 Å². The van der Waals surface area contributed by atoms with Gasteiger partial charge in [-0.05, 0) is 51.3 Å². The average Bonchev–Trinajstić information content (AvgIpc) is 3.29. The van der Waals surface area contributed by atoms with Gasteiger partial charge in [-0.15, -0.1) is 0 Å². The highest BCUT2D eigenvalue weighted by Gasteiger charge is 2.21. The fourth-order valence-corrected chi connectivity index (χ4v) is 3.21. The zero-order chi connectivity index (χ0) is 18.5. The van der Waals surface area contributed by atoms with Gasteiger partial charge in [0.05, 0.1) is 24.5 Å². The van der Waals surface area contributed by atoms with E-state index in [9.17, 15) is 0 Å². The third-order valence-corrected chi connectivity index (χ3v) is 4.93. The van der Waals surface area contributed by atoms with Crippen molar-refractivity contribution in [1.29, 1.82) is 0 Å². The number of methoxy groups -OCH3 is 1. The highest BCUT2D eigenvalue weighted by atomic mass is 16.5. The van der Waals surface area contributed by atoms with Crippen LogP contribution in [0.25, 0.3) is 0 Å². The normalized spacial score (nSPS) is 18.1. The second-order valence-electron chi connectivity index (χ2n) is 6.80. The van der Waals surface area contributed by atoms with Crippen molar-refractivity contribution in [2.24, 2.45) is 0 Å². The standard InChI is InChI=1S/C20H28N2O4/c1-13-17(15(3)26-22-13)12-25-19-8-7-16(10-20(19)23-4)11-21-14(2)18-6-5-9-24-18/h7-8,10,14,18,21H,5-6,9,11-12H2,1-4H3/t14-,18+/m1/s1. The highest BCUT2D eigenvalue weighted by Crippen LogP contribution is 2.29. The van der Waals surface area contributed by atoms with Crippen LogP contribution in [-0.4, -0.2) is 31.0 Å². The Morgan fingerprint density at radius 2 is 2.15 bits per heavy atom. The SMILES string of the molecule is COc1cc(CN[C@H](C)[C@@H]2CCCO2)ccc1OCc1c(C)noc1C. The van der Waals surface area contributed by atoms with Crippen LogP contribution in [0.2, 0.25) is 0 Å². The summed E-state index contributed by atoms with van der Waals surface area (Å²) in [4.78, 5) is 0. The molecule has 26 heavy (non-hydrogen) atoms. The second-order valence-corrected chi connectivity index (χ2v) is 6.80. The topological polar surface area (TPSA) is 65.8 Å². The van der Waals surface area contributed by atoms with Gasteiger partial charge in [-0.1, -0.05) is 11.2 Å². The van der Waals surface area contributed by atoms with Gasteiger partial charge < -0.3 is 24.1 Å². The largest absolute Gasteiger partial charge is 0.493 e. The van der Waals surface area contributed by atoms with E-state index in [2.05, 4.69) is 23.5 Å². The molecule has 1 fully saturated rings. The van der Waals surface area contributed by atoms with E-state index in [0.717, 1.165) is 54.3 Å². The molecule has 2 heterocycles. The number of aryl methyl sites for hydroxylation is 2. The van der Waals surface area contributed by atoms with Crippen molar-refractivity contribution in [3.8, 4) is 11.5 Å². The first-order valence-corrected chi connectivity index (χ1v) is 9.15. The molecule has 2 atom stereocenters. The fraction of sp³-hybridized carbons (Fsp3) is 0.550. The van der Waals surface area contributed by atoms with Gasteiger partial charge in [0, 0.05) is 19.2 Å². The summed E-state index contributed by atoms with van der Waals surface area (Å²) in [5, 5.41) is 7.49. The molecule has 0 aliphatic carbocycles. The van der Waals surface area contributed by atoms with Crippen LogP contribution in [0, 0.1) is 13.8 Å². The van der Waals surface area contributed by atoms with Crippen LogP contribution in [0.5, 0.6) is 11.5 Å². The third-order valence-electron chi connectivity index (χ3n) is 4.93. The number of rotatable bonds is 8. The monoisotopic (exact) mass is 360 g/mol. The van der Waals surface area contributed by atoms with Gasteiger partial charge >= 0.3 is 0 Å². The van der Waals surface area contributed by atoms with E-state index in [0.29, 0.717) is 24.5 Å². The van der Waals surface area contributed by atoms with Crippen LogP contribution in [0.4, 0.5) is 0 Å². The minimum Gasteiger partial charge on any atom is -0.493 e. The quantitative estimate of drug-likeness (QED) is 0.777. The smallest absolute Gasteiger partial charge is 0.161 e. The van der Waals surface area contributed by atoms with Gasteiger partial charge in [-0.2, -0.15) is 0 Å². The molecule has 0 radical (unpaired) electrons. The molecule has 1 aliphatic rings. The van der Waals surface area contributed by atoms with E-state index >= 15 is 0 Å². The maximum Gasteiger partial charge on any atom is 0.161 e. The molecule has 0 saturated carbocycles. The zero-order valence-corrected chi connectivity index (χ0v) is 16.0. The van der Waals surface area contributed by atoms with Gasteiger partial charge in [0.2, 0.25) is 0 Å². The maximum absolute atomic E-state index is 5.93. The van der Waals surface area contributed by atoms with Crippen LogP contribution >= 0.6 is 0 Å². The molecule has 142 valence electrons. The maximum atomic E-state index is 5.93. The first kappa shape index (κ1) is 18.7. The Hall–Kier alpha value is -2.05. The van der Waals surface area contributed by atoms with Crippen LogP contribution < -0.4 is 14.8 Å². The van der Waals surface area contributed by atoms with Crippen molar-refractivity contribution in [2.75, 3.05) is 13.7 Å². The summed E-state index contributed by atoms with van der Waals surface area (Å²) >= 11 is 0. The Labute approximate surface area is 154 Å². The molecule has 0 bridgehead atoms. The molecule has 6 heteroatoms. The van der Waals surface area contributed by atoms with Crippen molar-refractivity contribution in [3.05, 3.63) is 40.8 Å². The molecule has 1 N–H and O–H groups in total. The van der Waals surface area contributed by atoms with Crippen LogP contribution in [-0.2, 0) is 17.9 Å². The molecular weight excluding hydrogens is 332 g/mol. The summed E-state index contributed by atoms with van der Waals surface area (Å²) < 4.78 is 22.3. The van der Waals surface area contributed by atoms with E-state index in [1.807, 2.05) is 26.0 Å². The Bertz CT molecular complexity index is 703. The summed E-state index contributed by atoms with van der Waals surface area (Å²) in [6.07, 6.45) is 2.60. The number of nitrogens with zero attached hydrogens (tertiary/aromatic N) is 1. The van der Waals surface area contributed by atoms with Crippen LogP contribution in [0.3, 0.4) is 0 Å². The average molecular weight is 360 g/mol. The predicted octanol–water partition coefficient (Wildman–Crippen LogP) is 3.54. The Kier molecular flexibility index (Phi) is 6.16. The number of nitrogens with one attached hydrogen (secondary N) is 1. The molecule has 1 saturated heterocycles. The van der Waals surface area contributed by atoms with E-state index < -0.39 is 0 Å². The fourth-order valence-electron chi connectivity index (χ4n) is 3.21. The summed E-state index contributed by atoms with van der Waals surface area (Å²) in [5.74, 6) is 2.22. The van der Waals surface area contributed by atoms with Crippen molar-refractivity contribution in [1.82, 2.24) is 10.5 Å².